The molecule has 1 aromatic heterocycles. The molecule has 9 aromatic rings. The monoisotopic (exact) mass is 704 g/mol. The number of allylic oxidation sites excluding steroid dienone is 5. The summed E-state index contributed by atoms with van der Waals surface area (Å²) in [5, 5.41) is 5.03. The van der Waals surface area contributed by atoms with Gasteiger partial charge in [0.2, 0.25) is 0 Å². The molecule has 55 heavy (non-hydrogen) atoms. The molecule has 0 saturated carbocycles. The van der Waals surface area contributed by atoms with E-state index >= 15 is 0 Å². The summed E-state index contributed by atoms with van der Waals surface area (Å²) in [5.41, 5.74) is 13.8. The number of para-hydroxylation sites is 1. The maximum atomic E-state index is 3.92. The second kappa shape index (κ2) is 14.7. The lowest BCUT2D eigenvalue weighted by atomic mass is 10.0. The van der Waals surface area contributed by atoms with Gasteiger partial charge in [-0.2, -0.15) is 0 Å². The molecule has 0 bridgehead atoms. The Balaban J connectivity index is 1.10. The maximum absolute atomic E-state index is 3.92. The molecule has 0 unspecified atom stereocenters. The highest BCUT2D eigenvalue weighted by atomic mass is 15.1. The molecule has 0 aliphatic rings. The van der Waals surface area contributed by atoms with Gasteiger partial charge in [-0.25, -0.2) is 0 Å². The number of nitrogens with zero attached hydrogens (tertiary/aromatic N) is 2. The van der Waals surface area contributed by atoms with E-state index in [4.69, 9.17) is 0 Å². The van der Waals surface area contributed by atoms with Crippen LogP contribution >= 0.6 is 0 Å². The lowest BCUT2D eigenvalue weighted by Gasteiger charge is -2.26. The van der Waals surface area contributed by atoms with E-state index in [2.05, 4.69) is 216 Å². The molecule has 1 heterocycles. The fourth-order valence-corrected chi connectivity index (χ4v) is 7.80. The first kappa shape index (κ1) is 33.7. The van der Waals surface area contributed by atoms with Gasteiger partial charge >= 0.3 is 0 Å². The van der Waals surface area contributed by atoms with Crippen LogP contribution in [0.25, 0.3) is 66.1 Å². The van der Waals surface area contributed by atoms with Gasteiger partial charge in [-0.1, -0.05) is 152 Å². The normalized spacial score (nSPS) is 11.8. The van der Waals surface area contributed by atoms with Crippen molar-refractivity contribution in [3.05, 3.63) is 225 Å². The van der Waals surface area contributed by atoms with Crippen LogP contribution in [0.15, 0.2) is 219 Å². The molecule has 0 N–H and O–H groups in total. The Morgan fingerprint density at radius 2 is 1.05 bits per heavy atom. The Hall–Kier alpha value is -7.16. The van der Waals surface area contributed by atoms with Crippen molar-refractivity contribution < 1.29 is 0 Å². The van der Waals surface area contributed by atoms with Crippen molar-refractivity contribution in [2.24, 2.45) is 0 Å². The third-order valence-corrected chi connectivity index (χ3v) is 10.4. The summed E-state index contributed by atoms with van der Waals surface area (Å²) in [4.78, 5) is 2.33. The third kappa shape index (κ3) is 6.45. The average molecular weight is 705 g/mol. The van der Waals surface area contributed by atoms with Crippen molar-refractivity contribution in [2.45, 2.75) is 6.92 Å². The van der Waals surface area contributed by atoms with Crippen LogP contribution < -0.4 is 4.90 Å². The Morgan fingerprint density at radius 3 is 1.73 bits per heavy atom. The molecule has 0 aliphatic carbocycles. The highest BCUT2D eigenvalue weighted by Crippen LogP contribution is 2.39. The quantitative estimate of drug-likeness (QED) is 0.136. The molecule has 0 fully saturated rings. The number of fused-ring (bicyclic) bond motifs is 4. The third-order valence-electron chi connectivity index (χ3n) is 10.4. The summed E-state index contributed by atoms with van der Waals surface area (Å²) in [6, 6.07) is 68.0. The van der Waals surface area contributed by atoms with E-state index in [0.29, 0.717) is 0 Å². The average Bonchev–Trinajstić information content (AvgIpc) is 3.57. The summed E-state index contributed by atoms with van der Waals surface area (Å²) >= 11 is 0. The minimum atomic E-state index is 1.09. The topological polar surface area (TPSA) is 8.17 Å². The molecule has 2 heteroatoms. The van der Waals surface area contributed by atoms with Crippen LogP contribution in [0.5, 0.6) is 0 Å². The van der Waals surface area contributed by atoms with Gasteiger partial charge < -0.3 is 9.47 Å². The van der Waals surface area contributed by atoms with Crippen LogP contribution in [0.1, 0.15) is 12.5 Å². The summed E-state index contributed by atoms with van der Waals surface area (Å²) in [6.45, 7) is 5.96. The molecular formula is C53H40N2. The van der Waals surface area contributed by atoms with Crippen molar-refractivity contribution in [3.63, 3.8) is 0 Å². The predicted octanol–water partition coefficient (Wildman–Crippen LogP) is 14.9. The van der Waals surface area contributed by atoms with Crippen LogP contribution in [0, 0.1) is 0 Å². The van der Waals surface area contributed by atoms with E-state index in [0.717, 1.165) is 39.4 Å². The first-order chi connectivity index (χ1) is 27.2. The molecular weight excluding hydrogens is 665 g/mol. The van der Waals surface area contributed by atoms with Gasteiger partial charge in [-0.15, -0.1) is 0 Å². The van der Waals surface area contributed by atoms with Crippen LogP contribution in [-0.2, 0) is 0 Å². The highest BCUT2D eigenvalue weighted by molar-refractivity contribution is 6.13. The number of hydrogen-bond acceptors (Lipinski definition) is 1. The van der Waals surface area contributed by atoms with Crippen LogP contribution in [0.3, 0.4) is 0 Å². The first-order valence-corrected chi connectivity index (χ1v) is 18.8. The lowest BCUT2D eigenvalue weighted by Crippen LogP contribution is -2.10. The summed E-state index contributed by atoms with van der Waals surface area (Å²) in [5.74, 6) is 0. The minimum Gasteiger partial charge on any atom is -0.311 e. The molecule has 262 valence electrons. The zero-order chi connectivity index (χ0) is 37.1. The van der Waals surface area contributed by atoms with Crippen molar-refractivity contribution in [3.8, 4) is 27.9 Å². The standard InChI is InChI=1S/C53H40N2/c1-3-13-38(14-4-2)40-23-29-46(30-24-40)54(47-31-25-41(26-32-47)39-15-6-5-7-16-39)48-33-27-42(28-34-48)43-19-12-20-49(35-43)55-52-22-11-10-21-50(52)51-36-44-17-8-9-18-45(44)37-53(51)55/h3-37H,1H2,2H3/b14-4-,38-13+. The number of rotatable bonds is 9. The number of anilines is 3. The fourth-order valence-electron chi connectivity index (χ4n) is 7.80. The van der Waals surface area contributed by atoms with Gasteiger partial charge in [0.25, 0.3) is 0 Å². The molecule has 0 radical (unpaired) electrons. The van der Waals surface area contributed by atoms with Crippen molar-refractivity contribution in [2.75, 3.05) is 4.90 Å². The highest BCUT2D eigenvalue weighted by Gasteiger charge is 2.16. The van der Waals surface area contributed by atoms with E-state index < -0.39 is 0 Å². The molecule has 8 aromatic carbocycles. The lowest BCUT2D eigenvalue weighted by molar-refractivity contribution is 1.18. The molecule has 0 spiro atoms. The van der Waals surface area contributed by atoms with Gasteiger partial charge in [0.15, 0.2) is 0 Å². The zero-order valence-electron chi connectivity index (χ0n) is 30.8. The smallest absolute Gasteiger partial charge is 0.0547 e. The van der Waals surface area contributed by atoms with Crippen LogP contribution in [-0.4, -0.2) is 4.57 Å². The molecule has 0 saturated heterocycles. The first-order valence-electron chi connectivity index (χ1n) is 18.8. The van der Waals surface area contributed by atoms with E-state index in [1.54, 1.807) is 0 Å². The van der Waals surface area contributed by atoms with Crippen molar-refractivity contribution >= 4 is 55.2 Å². The van der Waals surface area contributed by atoms with Gasteiger partial charge in [0, 0.05) is 33.5 Å². The Kier molecular flexibility index (Phi) is 8.99. The fraction of sp³-hybridized carbons (Fsp3) is 0.0189. The summed E-state index contributed by atoms with van der Waals surface area (Å²) < 4.78 is 2.41. The molecule has 0 amide bonds. The van der Waals surface area contributed by atoms with Crippen molar-refractivity contribution in [1.82, 2.24) is 4.57 Å². The van der Waals surface area contributed by atoms with Crippen molar-refractivity contribution in [1.29, 1.82) is 0 Å². The van der Waals surface area contributed by atoms with E-state index in [1.165, 1.54) is 49.3 Å². The van der Waals surface area contributed by atoms with E-state index in [9.17, 15) is 0 Å². The van der Waals surface area contributed by atoms with Crippen LogP contribution in [0.4, 0.5) is 17.1 Å². The Bertz CT molecular complexity index is 2850. The maximum Gasteiger partial charge on any atom is 0.0547 e. The molecule has 2 nitrogen and oxygen atoms in total. The summed E-state index contributed by atoms with van der Waals surface area (Å²) in [6.07, 6.45) is 8.07. The van der Waals surface area contributed by atoms with Gasteiger partial charge in [0.1, 0.15) is 0 Å². The van der Waals surface area contributed by atoms with Gasteiger partial charge in [-0.05, 0) is 118 Å². The molecule has 9 rings (SSSR count). The van der Waals surface area contributed by atoms with Gasteiger partial charge in [-0.3, -0.25) is 0 Å². The second-order valence-electron chi connectivity index (χ2n) is 13.8. The van der Waals surface area contributed by atoms with E-state index in [-0.39, 0.29) is 0 Å². The molecule has 0 atom stereocenters. The Labute approximate surface area is 322 Å². The summed E-state index contributed by atoms with van der Waals surface area (Å²) in [7, 11) is 0. The van der Waals surface area contributed by atoms with Crippen LogP contribution in [0.2, 0.25) is 0 Å². The second-order valence-corrected chi connectivity index (χ2v) is 13.8. The number of benzene rings is 8. The largest absolute Gasteiger partial charge is 0.311 e. The minimum absolute atomic E-state index is 1.09. The number of aromatic nitrogens is 1. The SMILES string of the molecule is C=C/C=C(\C=C/C)c1ccc(N(c2ccc(-c3ccccc3)cc2)c2ccc(-c3cccc(-n4c5ccccc5c5cc6ccccc6cc54)c3)cc2)cc1. The van der Waals surface area contributed by atoms with E-state index in [1.807, 2.05) is 19.1 Å². The predicted molar refractivity (Wildman–Crippen MR) is 237 cm³/mol. The van der Waals surface area contributed by atoms with Gasteiger partial charge in [0.05, 0.1) is 11.0 Å². The Morgan fingerprint density at radius 1 is 0.491 bits per heavy atom. The zero-order valence-corrected chi connectivity index (χ0v) is 30.8. The molecule has 0 aliphatic heterocycles. The number of hydrogen-bond donors (Lipinski definition) is 0.